The number of halogens is 3. The highest BCUT2D eigenvalue weighted by Crippen LogP contribution is 2.40. The Morgan fingerprint density at radius 1 is 1.47 bits per heavy atom. The van der Waals surface area contributed by atoms with E-state index in [9.17, 15) is 13.4 Å². The summed E-state index contributed by atoms with van der Waals surface area (Å²) in [5, 5.41) is 9.04. The molecule has 19 heavy (non-hydrogen) atoms. The maximum Gasteiger partial charge on any atom is 0.335 e. The molecule has 7 heteroatoms. The van der Waals surface area contributed by atoms with Crippen LogP contribution in [0.2, 0.25) is 0 Å². The summed E-state index contributed by atoms with van der Waals surface area (Å²) >= 11 is 10.9. The molecule has 1 rings (SSSR count). The number of carbonyl (C=O) groups is 1. The maximum atomic E-state index is 13.7. The average Bonchev–Trinajstić information content (AvgIpc) is 2.26. The summed E-state index contributed by atoms with van der Waals surface area (Å²) in [7, 11) is -1.55. The van der Waals surface area contributed by atoms with E-state index in [1.165, 1.54) is 19.1 Å². The number of rotatable bonds is 5. The van der Waals surface area contributed by atoms with Crippen LogP contribution in [0.15, 0.2) is 17.0 Å². The van der Waals surface area contributed by atoms with Crippen molar-refractivity contribution in [3.8, 4) is 0 Å². The fourth-order valence-corrected chi connectivity index (χ4v) is 3.63. The second-order valence-corrected chi connectivity index (χ2v) is 6.71. The quantitative estimate of drug-likeness (QED) is 0.838. The lowest BCUT2D eigenvalue weighted by molar-refractivity contribution is 0.0695. The topological polar surface area (TPSA) is 54.4 Å². The van der Waals surface area contributed by atoms with Crippen molar-refractivity contribution in [3.63, 3.8) is 0 Å². The molecule has 0 heterocycles. The van der Waals surface area contributed by atoms with E-state index < -0.39 is 21.4 Å². The molecule has 0 bridgehead atoms. The first-order valence-corrected chi connectivity index (χ1v) is 7.60. The molecule has 0 unspecified atom stereocenters. The number of carboxylic acid groups (broad SMARTS) is 1. The molecular weight excluding hydrogens is 314 g/mol. The van der Waals surface area contributed by atoms with Gasteiger partial charge in [-0.15, -0.1) is 0 Å². The Morgan fingerprint density at radius 3 is 2.47 bits per heavy atom. The van der Waals surface area contributed by atoms with E-state index in [0.717, 1.165) is 0 Å². The second kappa shape index (κ2) is 6.20. The molecule has 106 valence electrons. The van der Waals surface area contributed by atoms with Crippen LogP contribution >= 0.6 is 23.2 Å². The number of hydrogen-bond acceptors (Lipinski definition) is 2. The number of benzene rings is 1. The van der Waals surface area contributed by atoms with Crippen molar-refractivity contribution in [1.29, 1.82) is 0 Å². The molecule has 1 aromatic rings. The van der Waals surface area contributed by atoms with Crippen molar-refractivity contribution >= 4 is 40.0 Å². The molecule has 0 aromatic heterocycles. The van der Waals surface area contributed by atoms with Gasteiger partial charge in [-0.05, 0) is 25.0 Å². The lowest BCUT2D eigenvalue weighted by Gasteiger charge is -2.18. The van der Waals surface area contributed by atoms with Crippen LogP contribution in [0.25, 0.3) is 0 Å². The zero-order chi connectivity index (χ0) is 14.8. The highest BCUT2D eigenvalue weighted by Gasteiger charge is 2.32. The third-order valence-electron chi connectivity index (χ3n) is 2.56. The SMILES string of the molecule is CCC[S@](=O)c1c(C(F)(Cl)Cl)ccc(C(=O)O)c1C. The average molecular weight is 327 g/mol. The van der Waals surface area contributed by atoms with Crippen molar-refractivity contribution in [1.82, 2.24) is 0 Å². The van der Waals surface area contributed by atoms with Gasteiger partial charge in [0.05, 0.1) is 21.3 Å². The summed E-state index contributed by atoms with van der Waals surface area (Å²) in [6, 6.07) is 2.37. The molecule has 0 amide bonds. The van der Waals surface area contributed by atoms with Crippen LogP contribution in [0.3, 0.4) is 0 Å². The maximum absolute atomic E-state index is 13.7. The van der Waals surface area contributed by atoms with Gasteiger partial charge in [0.2, 0.25) is 0 Å². The van der Waals surface area contributed by atoms with E-state index in [1.807, 2.05) is 6.92 Å². The number of alkyl halides is 3. The van der Waals surface area contributed by atoms with Crippen molar-refractivity contribution in [2.75, 3.05) is 5.75 Å². The van der Waals surface area contributed by atoms with E-state index in [2.05, 4.69) is 0 Å². The Bertz CT molecular complexity index is 526. The van der Waals surface area contributed by atoms with Gasteiger partial charge in [0.15, 0.2) is 0 Å². The standard InChI is InChI=1S/C12H13Cl2FO3S/c1-3-6-19(18)10-7(2)8(11(16)17)4-5-9(10)12(13,14)15/h4-5H,3,6H2,1-2H3,(H,16,17)/t19-/m0/s1. The van der Waals surface area contributed by atoms with Gasteiger partial charge in [-0.2, -0.15) is 0 Å². The minimum Gasteiger partial charge on any atom is -0.478 e. The zero-order valence-electron chi connectivity index (χ0n) is 10.4. The first-order valence-electron chi connectivity index (χ1n) is 5.52. The molecule has 0 radical (unpaired) electrons. The minimum atomic E-state index is -2.71. The van der Waals surface area contributed by atoms with Crippen LogP contribution in [0.5, 0.6) is 0 Å². The van der Waals surface area contributed by atoms with Crippen LogP contribution in [0, 0.1) is 6.92 Å². The van der Waals surface area contributed by atoms with Crippen LogP contribution in [0.4, 0.5) is 4.39 Å². The van der Waals surface area contributed by atoms with Crippen molar-refractivity contribution in [3.05, 3.63) is 28.8 Å². The van der Waals surface area contributed by atoms with E-state index in [4.69, 9.17) is 28.3 Å². The monoisotopic (exact) mass is 326 g/mol. The molecule has 0 saturated carbocycles. The van der Waals surface area contributed by atoms with Gasteiger partial charge in [0, 0.05) is 11.3 Å². The van der Waals surface area contributed by atoms with E-state index in [0.29, 0.717) is 6.42 Å². The molecule has 3 nitrogen and oxygen atoms in total. The fourth-order valence-electron chi connectivity index (χ4n) is 1.73. The van der Waals surface area contributed by atoms with Crippen LogP contribution in [0.1, 0.15) is 34.8 Å². The normalized spacial score (nSPS) is 13.3. The third-order valence-corrected chi connectivity index (χ3v) is 4.73. The van der Waals surface area contributed by atoms with Gasteiger partial charge >= 0.3 is 5.97 Å². The number of hydrogen-bond donors (Lipinski definition) is 1. The Morgan fingerprint density at radius 2 is 2.05 bits per heavy atom. The second-order valence-electron chi connectivity index (χ2n) is 3.97. The van der Waals surface area contributed by atoms with E-state index >= 15 is 0 Å². The van der Waals surface area contributed by atoms with Crippen molar-refractivity contribution in [2.24, 2.45) is 0 Å². The Hall–Kier alpha value is -0.650. The molecule has 0 aliphatic heterocycles. The van der Waals surface area contributed by atoms with Crippen LogP contribution in [-0.2, 0) is 15.4 Å². The highest BCUT2D eigenvalue weighted by atomic mass is 35.5. The predicted octanol–water partition coefficient (Wildman–Crippen LogP) is 3.77. The fraction of sp³-hybridized carbons (Fsp3) is 0.417. The molecule has 1 atom stereocenters. The molecule has 1 N–H and O–H groups in total. The Labute approximate surface area is 123 Å². The van der Waals surface area contributed by atoms with Gasteiger partial charge < -0.3 is 5.11 Å². The first-order chi connectivity index (χ1) is 8.70. The van der Waals surface area contributed by atoms with Gasteiger partial charge in [-0.3, -0.25) is 4.21 Å². The van der Waals surface area contributed by atoms with Gasteiger partial charge in [0.25, 0.3) is 4.59 Å². The molecule has 1 aromatic carbocycles. The summed E-state index contributed by atoms with van der Waals surface area (Å²) in [4.78, 5) is 11.1. The molecular formula is C12H13Cl2FO3S. The third kappa shape index (κ3) is 3.68. The summed E-state index contributed by atoms with van der Waals surface area (Å²) in [5.41, 5.74) is 0.0195. The summed E-state index contributed by atoms with van der Waals surface area (Å²) in [6.45, 7) is 3.29. The number of aromatic carboxylic acids is 1. The summed E-state index contributed by atoms with van der Waals surface area (Å²) in [5.74, 6) is -0.895. The smallest absolute Gasteiger partial charge is 0.335 e. The Balaban J connectivity index is 3.55. The van der Waals surface area contributed by atoms with Crippen LogP contribution < -0.4 is 0 Å². The summed E-state index contributed by atoms with van der Waals surface area (Å²) in [6.07, 6.45) is 0.604. The molecule has 0 fully saturated rings. The predicted molar refractivity (Wildman–Crippen MR) is 74.2 cm³/mol. The first kappa shape index (κ1) is 16.4. The van der Waals surface area contributed by atoms with Gasteiger partial charge in [-0.25, -0.2) is 9.18 Å². The van der Waals surface area contributed by atoms with E-state index in [1.54, 1.807) is 0 Å². The lowest BCUT2D eigenvalue weighted by atomic mass is 10.1. The number of carboxylic acids is 1. The molecule has 0 saturated heterocycles. The van der Waals surface area contributed by atoms with Gasteiger partial charge in [-0.1, -0.05) is 36.2 Å². The molecule has 0 spiro atoms. The van der Waals surface area contributed by atoms with Crippen LogP contribution in [-0.4, -0.2) is 21.0 Å². The van der Waals surface area contributed by atoms with Gasteiger partial charge in [0.1, 0.15) is 0 Å². The molecule has 0 aliphatic carbocycles. The summed E-state index contributed by atoms with van der Waals surface area (Å²) < 4.78 is 23.2. The Kier molecular flexibility index (Phi) is 5.35. The zero-order valence-corrected chi connectivity index (χ0v) is 12.7. The van der Waals surface area contributed by atoms with Crippen molar-refractivity contribution in [2.45, 2.75) is 29.8 Å². The largest absolute Gasteiger partial charge is 0.478 e. The van der Waals surface area contributed by atoms with E-state index in [-0.39, 0.29) is 27.3 Å². The van der Waals surface area contributed by atoms with Crippen molar-refractivity contribution < 1.29 is 18.5 Å². The molecule has 0 aliphatic rings. The lowest BCUT2D eigenvalue weighted by Crippen LogP contribution is -2.14. The minimum absolute atomic E-state index is 0.0409. The highest BCUT2D eigenvalue weighted by molar-refractivity contribution is 7.85.